The molecule has 0 spiro atoms. The van der Waals surface area contributed by atoms with Crippen LogP contribution in [0.15, 0.2) is 21.6 Å². The summed E-state index contributed by atoms with van der Waals surface area (Å²) in [5, 5.41) is 8.84. The Morgan fingerprint density at radius 3 is 2.23 bits per heavy atom. The number of unbranched alkanes of at least 4 members (excludes halogenated alkanes) is 1. The minimum absolute atomic E-state index is 0.216. The second-order valence-electron chi connectivity index (χ2n) is 4.86. The molecule has 5 heteroatoms. The highest BCUT2D eigenvalue weighted by Gasteiger charge is 2.11. The fraction of sp³-hybridized carbons (Fsp3) is 0.529. The number of ether oxygens (including phenoxy) is 2. The molecular weight excluding hydrogens is 412 g/mol. The van der Waals surface area contributed by atoms with Gasteiger partial charge in [0.1, 0.15) is 18.1 Å². The molecule has 0 saturated heterocycles. The van der Waals surface area contributed by atoms with E-state index in [9.17, 15) is 0 Å². The van der Waals surface area contributed by atoms with E-state index in [1.54, 1.807) is 0 Å². The van der Waals surface area contributed by atoms with Crippen molar-refractivity contribution in [3.8, 4) is 11.5 Å². The summed E-state index contributed by atoms with van der Waals surface area (Å²) in [6.07, 6.45) is 5.36. The van der Waals surface area contributed by atoms with Gasteiger partial charge in [-0.15, -0.1) is 0 Å². The Labute approximate surface area is 150 Å². The minimum atomic E-state index is 0.216. The Balaban J connectivity index is 2.85. The molecular formula is C17H24Br2O3. The Hall–Kier alpha value is -0.520. The van der Waals surface area contributed by atoms with Crippen LogP contribution in [0.3, 0.4) is 0 Å². The third kappa shape index (κ3) is 6.71. The molecule has 0 bridgehead atoms. The van der Waals surface area contributed by atoms with E-state index < -0.39 is 0 Å². The molecule has 0 aromatic heterocycles. The normalized spacial score (nSPS) is 10.4. The first-order valence-corrected chi connectivity index (χ1v) is 9.24. The lowest BCUT2D eigenvalue weighted by molar-refractivity contribution is 0.251. The maximum atomic E-state index is 8.84. The van der Waals surface area contributed by atoms with E-state index in [-0.39, 0.29) is 6.61 Å². The Kier molecular flexibility index (Phi) is 9.84. The zero-order chi connectivity index (χ0) is 16.4. The summed E-state index contributed by atoms with van der Waals surface area (Å²) < 4.78 is 12.6. The number of aliphatic hydroxyl groups is 1. The number of aliphatic hydroxyl groups excluding tert-OH is 1. The largest absolute Gasteiger partial charge is 0.493 e. The van der Waals surface area contributed by atoms with Crippen molar-refractivity contribution in [3.63, 3.8) is 0 Å². The molecule has 3 nitrogen and oxygen atoms in total. The van der Waals surface area contributed by atoms with E-state index >= 15 is 0 Å². The molecule has 0 aliphatic rings. The second-order valence-corrected chi connectivity index (χ2v) is 7.63. The quantitative estimate of drug-likeness (QED) is 0.527. The van der Waals surface area contributed by atoms with E-state index in [0.29, 0.717) is 13.2 Å². The Morgan fingerprint density at radius 2 is 1.73 bits per heavy atom. The molecule has 0 aliphatic heterocycles. The van der Waals surface area contributed by atoms with Crippen molar-refractivity contribution in [3.05, 3.63) is 32.7 Å². The van der Waals surface area contributed by atoms with E-state index in [1.807, 2.05) is 6.08 Å². The summed E-state index contributed by atoms with van der Waals surface area (Å²) in [7, 11) is 0. The number of aryl methyl sites for hydroxylation is 2. The maximum Gasteiger partial charge on any atom is 0.125 e. The molecule has 1 aromatic rings. The van der Waals surface area contributed by atoms with Crippen molar-refractivity contribution in [2.45, 2.75) is 39.5 Å². The summed E-state index contributed by atoms with van der Waals surface area (Å²) >= 11 is 6.63. The summed E-state index contributed by atoms with van der Waals surface area (Å²) in [6, 6.07) is 4.10. The second kappa shape index (κ2) is 11.1. The van der Waals surface area contributed by atoms with Gasteiger partial charge in [-0.1, -0.05) is 13.8 Å². The number of rotatable bonds is 10. The zero-order valence-electron chi connectivity index (χ0n) is 13.2. The molecule has 1 rings (SSSR count). The first-order valence-electron chi connectivity index (χ1n) is 7.65. The van der Waals surface area contributed by atoms with Gasteiger partial charge in [0.05, 0.1) is 10.00 Å². The molecule has 0 unspecified atom stereocenters. The van der Waals surface area contributed by atoms with Gasteiger partial charge in [-0.05, 0) is 86.9 Å². The average molecular weight is 436 g/mol. The zero-order valence-corrected chi connectivity index (χ0v) is 16.4. The van der Waals surface area contributed by atoms with Crippen LogP contribution in [-0.2, 0) is 12.8 Å². The van der Waals surface area contributed by atoms with Crippen LogP contribution in [0.4, 0.5) is 0 Å². The number of halogens is 2. The predicted octanol–water partition coefficient (Wildman–Crippen LogP) is 4.97. The molecule has 0 saturated carbocycles. The van der Waals surface area contributed by atoms with E-state index in [4.69, 9.17) is 14.6 Å². The van der Waals surface area contributed by atoms with Crippen LogP contribution in [0.1, 0.15) is 37.8 Å². The van der Waals surface area contributed by atoms with Crippen molar-refractivity contribution in [1.29, 1.82) is 0 Å². The lowest BCUT2D eigenvalue weighted by atomic mass is 10.0. The predicted molar refractivity (Wildman–Crippen MR) is 98.4 cm³/mol. The van der Waals surface area contributed by atoms with Gasteiger partial charge in [-0.2, -0.15) is 0 Å². The van der Waals surface area contributed by atoms with Gasteiger partial charge < -0.3 is 14.6 Å². The first kappa shape index (κ1) is 19.5. The molecule has 1 N–H and O–H groups in total. The monoisotopic (exact) mass is 434 g/mol. The van der Waals surface area contributed by atoms with Gasteiger partial charge in [0.25, 0.3) is 0 Å². The van der Waals surface area contributed by atoms with Crippen LogP contribution < -0.4 is 9.47 Å². The molecule has 1 aromatic carbocycles. The highest BCUT2D eigenvalue weighted by Crippen LogP contribution is 2.31. The number of hydrogen-bond acceptors (Lipinski definition) is 3. The summed E-state index contributed by atoms with van der Waals surface area (Å²) in [4.78, 5) is 0. The molecule has 0 aliphatic carbocycles. The SMILES string of the molecule is CCc1cc(OCC=C(Br)Br)cc(CC)c1OCCCCO. The third-order valence-corrected chi connectivity index (χ3v) is 3.91. The van der Waals surface area contributed by atoms with Gasteiger partial charge in [0.15, 0.2) is 0 Å². The van der Waals surface area contributed by atoms with Crippen molar-refractivity contribution in [2.75, 3.05) is 19.8 Å². The maximum absolute atomic E-state index is 8.84. The van der Waals surface area contributed by atoms with Crippen molar-refractivity contribution in [2.24, 2.45) is 0 Å². The van der Waals surface area contributed by atoms with Crippen molar-refractivity contribution in [1.82, 2.24) is 0 Å². The molecule has 124 valence electrons. The highest BCUT2D eigenvalue weighted by molar-refractivity contribution is 9.28. The van der Waals surface area contributed by atoms with Crippen molar-refractivity contribution >= 4 is 31.9 Å². The lowest BCUT2D eigenvalue weighted by Crippen LogP contribution is -2.05. The number of benzene rings is 1. The summed E-state index contributed by atoms with van der Waals surface area (Å²) in [5.74, 6) is 1.85. The Morgan fingerprint density at radius 1 is 1.09 bits per heavy atom. The number of hydrogen-bond donors (Lipinski definition) is 1. The fourth-order valence-corrected chi connectivity index (χ4v) is 2.37. The van der Waals surface area contributed by atoms with Crippen LogP contribution in [0.25, 0.3) is 0 Å². The van der Waals surface area contributed by atoms with Gasteiger partial charge in [-0.25, -0.2) is 0 Å². The first-order chi connectivity index (χ1) is 10.6. The van der Waals surface area contributed by atoms with E-state index in [2.05, 4.69) is 57.8 Å². The molecule has 22 heavy (non-hydrogen) atoms. The third-order valence-electron chi connectivity index (χ3n) is 3.26. The van der Waals surface area contributed by atoms with Crippen LogP contribution in [0, 0.1) is 0 Å². The van der Waals surface area contributed by atoms with Crippen LogP contribution >= 0.6 is 31.9 Å². The average Bonchev–Trinajstić information content (AvgIpc) is 2.51. The lowest BCUT2D eigenvalue weighted by Gasteiger charge is -2.17. The van der Waals surface area contributed by atoms with E-state index in [0.717, 1.165) is 40.6 Å². The summed E-state index contributed by atoms with van der Waals surface area (Å²) in [5.41, 5.74) is 2.33. The molecule has 0 fully saturated rings. The highest BCUT2D eigenvalue weighted by atomic mass is 79.9. The van der Waals surface area contributed by atoms with Gasteiger partial charge in [0, 0.05) is 6.61 Å². The topological polar surface area (TPSA) is 38.7 Å². The summed E-state index contributed by atoms with van der Waals surface area (Å²) in [6.45, 7) is 5.60. The van der Waals surface area contributed by atoms with Crippen molar-refractivity contribution < 1.29 is 14.6 Å². The van der Waals surface area contributed by atoms with Crippen LogP contribution in [0.5, 0.6) is 11.5 Å². The van der Waals surface area contributed by atoms with Gasteiger partial charge in [0.2, 0.25) is 0 Å². The minimum Gasteiger partial charge on any atom is -0.493 e. The molecule has 0 amide bonds. The van der Waals surface area contributed by atoms with Crippen LogP contribution in [-0.4, -0.2) is 24.9 Å². The molecule has 0 heterocycles. The smallest absolute Gasteiger partial charge is 0.125 e. The standard InChI is InChI=1S/C17H24Br2O3/c1-3-13-11-15(21-10-7-16(18)19)12-14(4-2)17(13)22-9-6-5-8-20/h7,11-12,20H,3-6,8-10H2,1-2H3. The van der Waals surface area contributed by atoms with Gasteiger partial charge in [-0.3, -0.25) is 0 Å². The Bertz CT molecular complexity index is 458. The molecule has 0 radical (unpaired) electrons. The fourth-order valence-electron chi connectivity index (χ4n) is 2.11. The molecule has 0 atom stereocenters. The van der Waals surface area contributed by atoms with E-state index in [1.165, 1.54) is 11.1 Å². The van der Waals surface area contributed by atoms with Crippen LogP contribution in [0.2, 0.25) is 0 Å². The van der Waals surface area contributed by atoms with Gasteiger partial charge >= 0.3 is 0 Å².